The number of aliphatic imine (C=N–C) groups is 1. The highest BCUT2D eigenvalue weighted by Gasteiger charge is 2.21. The van der Waals surface area contributed by atoms with Gasteiger partial charge in [-0.3, -0.25) is 0 Å². The molecule has 3 nitrogen and oxygen atoms in total. The van der Waals surface area contributed by atoms with E-state index in [0.717, 1.165) is 5.56 Å². The van der Waals surface area contributed by atoms with Crippen molar-refractivity contribution in [1.29, 1.82) is 0 Å². The van der Waals surface area contributed by atoms with Crippen LogP contribution in [0.25, 0.3) is 12.2 Å². The van der Waals surface area contributed by atoms with E-state index in [2.05, 4.69) is 4.99 Å². The van der Waals surface area contributed by atoms with E-state index in [1.54, 1.807) is 30.4 Å². The summed E-state index contributed by atoms with van der Waals surface area (Å²) in [4.78, 5) is 15.9. The first kappa shape index (κ1) is 14.9. The number of halogens is 1. The van der Waals surface area contributed by atoms with Crippen LogP contribution in [0.4, 0.5) is 4.39 Å². The lowest BCUT2D eigenvalue weighted by molar-refractivity contribution is -0.129. The molecule has 0 radical (unpaired) electrons. The first-order chi connectivity index (χ1) is 11.1. The fraction of sp³-hybridized carbons (Fsp3) is 0.0526. The molecule has 0 aromatic heterocycles. The van der Waals surface area contributed by atoms with Crippen molar-refractivity contribution in [3.63, 3.8) is 0 Å². The van der Waals surface area contributed by atoms with Crippen LogP contribution in [-0.2, 0) is 9.53 Å². The van der Waals surface area contributed by atoms with Crippen LogP contribution < -0.4 is 0 Å². The van der Waals surface area contributed by atoms with Crippen molar-refractivity contribution in [3.05, 3.63) is 82.8 Å². The number of hydrogen-bond donors (Lipinski definition) is 0. The van der Waals surface area contributed by atoms with E-state index in [-0.39, 0.29) is 11.6 Å². The highest BCUT2D eigenvalue weighted by Crippen LogP contribution is 2.18. The molecule has 4 heteroatoms. The average Bonchev–Trinajstić information content (AvgIpc) is 2.89. The summed E-state index contributed by atoms with van der Waals surface area (Å²) in [6.07, 6.45) is 4.80. The predicted octanol–water partition coefficient (Wildman–Crippen LogP) is 4.14. The molecule has 0 bridgehead atoms. The van der Waals surface area contributed by atoms with Crippen LogP contribution >= 0.6 is 0 Å². The number of aryl methyl sites for hydroxylation is 1. The number of esters is 1. The fourth-order valence-corrected chi connectivity index (χ4v) is 2.08. The summed E-state index contributed by atoms with van der Waals surface area (Å²) in [6.45, 7) is 2.01. The van der Waals surface area contributed by atoms with Gasteiger partial charge >= 0.3 is 5.97 Å². The van der Waals surface area contributed by atoms with Crippen LogP contribution in [0, 0.1) is 12.7 Å². The monoisotopic (exact) mass is 307 g/mol. The minimum atomic E-state index is -0.586. The quantitative estimate of drug-likeness (QED) is 0.631. The van der Waals surface area contributed by atoms with Crippen LogP contribution in [0.5, 0.6) is 0 Å². The minimum absolute atomic E-state index is 0.0821. The molecule has 0 N–H and O–H groups in total. The van der Waals surface area contributed by atoms with Gasteiger partial charge in [0.25, 0.3) is 0 Å². The van der Waals surface area contributed by atoms with E-state index in [1.807, 2.05) is 31.2 Å². The number of rotatable bonds is 3. The third-order valence-corrected chi connectivity index (χ3v) is 3.33. The molecule has 0 unspecified atom stereocenters. The second-order valence-electron chi connectivity index (χ2n) is 5.13. The van der Waals surface area contributed by atoms with Crippen molar-refractivity contribution in [2.24, 2.45) is 4.99 Å². The van der Waals surface area contributed by atoms with E-state index < -0.39 is 11.8 Å². The zero-order valence-electron chi connectivity index (χ0n) is 12.5. The van der Waals surface area contributed by atoms with Gasteiger partial charge in [-0.1, -0.05) is 48.0 Å². The molecule has 0 amide bonds. The van der Waals surface area contributed by atoms with Gasteiger partial charge in [0.2, 0.25) is 5.90 Å². The van der Waals surface area contributed by atoms with Crippen LogP contribution in [0.3, 0.4) is 0 Å². The predicted molar refractivity (Wildman–Crippen MR) is 88.1 cm³/mol. The fourth-order valence-electron chi connectivity index (χ4n) is 2.08. The molecule has 0 atom stereocenters. The lowest BCUT2D eigenvalue weighted by Gasteiger charge is -1.95. The normalized spacial score (nSPS) is 16.0. The Hall–Kier alpha value is -3.01. The topological polar surface area (TPSA) is 38.7 Å². The van der Waals surface area contributed by atoms with Gasteiger partial charge in [-0.2, -0.15) is 0 Å². The van der Waals surface area contributed by atoms with Crippen LogP contribution in [0.1, 0.15) is 16.7 Å². The molecule has 2 aromatic rings. The van der Waals surface area contributed by atoms with E-state index in [1.165, 1.54) is 17.7 Å². The molecule has 0 aliphatic carbocycles. The Balaban J connectivity index is 1.81. The maximum atomic E-state index is 13.6. The largest absolute Gasteiger partial charge is 0.403 e. The maximum Gasteiger partial charge on any atom is 0.363 e. The molecule has 2 aromatic carbocycles. The lowest BCUT2D eigenvalue weighted by atomic mass is 10.1. The van der Waals surface area contributed by atoms with Crippen LogP contribution in [0.2, 0.25) is 0 Å². The Morgan fingerprint density at radius 3 is 2.52 bits per heavy atom. The SMILES string of the molecule is Cc1ccc(/C=C/C2=NC(=Cc3ccccc3F)C(=O)O2)cc1. The van der Waals surface area contributed by atoms with Gasteiger partial charge < -0.3 is 4.74 Å². The van der Waals surface area contributed by atoms with E-state index in [4.69, 9.17) is 4.74 Å². The summed E-state index contributed by atoms with van der Waals surface area (Å²) in [6, 6.07) is 14.1. The molecule has 0 fully saturated rings. The Morgan fingerprint density at radius 1 is 1.04 bits per heavy atom. The van der Waals surface area contributed by atoms with E-state index >= 15 is 0 Å². The Kier molecular flexibility index (Phi) is 4.15. The van der Waals surface area contributed by atoms with Gasteiger partial charge in [-0.25, -0.2) is 14.2 Å². The number of cyclic esters (lactones) is 1. The first-order valence-electron chi connectivity index (χ1n) is 7.14. The highest BCUT2D eigenvalue weighted by molar-refractivity contribution is 6.11. The van der Waals surface area contributed by atoms with Gasteiger partial charge in [0, 0.05) is 11.6 Å². The van der Waals surface area contributed by atoms with Crippen molar-refractivity contribution in [2.75, 3.05) is 0 Å². The standard InChI is InChI=1S/C19H14FNO2/c1-13-6-8-14(9-7-13)10-11-18-21-17(19(22)23-18)12-15-4-2-3-5-16(15)20/h2-12H,1H3/b11-10+,17-12?. The summed E-state index contributed by atoms with van der Waals surface area (Å²) in [5, 5.41) is 0. The number of hydrogen-bond acceptors (Lipinski definition) is 3. The van der Waals surface area contributed by atoms with Gasteiger partial charge in [0.15, 0.2) is 5.70 Å². The third kappa shape index (κ3) is 3.61. The first-order valence-corrected chi connectivity index (χ1v) is 7.14. The summed E-state index contributed by atoms with van der Waals surface area (Å²) in [7, 11) is 0. The summed E-state index contributed by atoms with van der Waals surface area (Å²) >= 11 is 0. The second kappa shape index (κ2) is 6.40. The van der Waals surface area contributed by atoms with Crippen LogP contribution in [0.15, 0.2) is 65.3 Å². The minimum Gasteiger partial charge on any atom is -0.403 e. The molecule has 3 rings (SSSR count). The molecule has 114 valence electrons. The van der Waals surface area contributed by atoms with Gasteiger partial charge in [0.1, 0.15) is 5.82 Å². The number of ether oxygens (including phenoxy) is 1. The summed E-state index contributed by atoms with van der Waals surface area (Å²) in [5.41, 5.74) is 2.52. The summed E-state index contributed by atoms with van der Waals surface area (Å²) in [5.74, 6) is -0.804. The Morgan fingerprint density at radius 2 is 1.78 bits per heavy atom. The van der Waals surface area contributed by atoms with Crippen molar-refractivity contribution in [2.45, 2.75) is 6.92 Å². The van der Waals surface area contributed by atoms with Crippen molar-refractivity contribution in [1.82, 2.24) is 0 Å². The molecule has 1 heterocycles. The number of carbonyl (C=O) groups is 1. The maximum absolute atomic E-state index is 13.6. The zero-order chi connectivity index (χ0) is 16.2. The van der Waals surface area contributed by atoms with Crippen molar-refractivity contribution >= 4 is 24.0 Å². The number of carbonyl (C=O) groups excluding carboxylic acids is 1. The van der Waals surface area contributed by atoms with Crippen LogP contribution in [-0.4, -0.2) is 11.9 Å². The molecule has 0 saturated carbocycles. The smallest absolute Gasteiger partial charge is 0.363 e. The van der Waals surface area contributed by atoms with Gasteiger partial charge in [0.05, 0.1) is 0 Å². The highest BCUT2D eigenvalue weighted by atomic mass is 19.1. The Labute approximate surface area is 133 Å². The lowest BCUT2D eigenvalue weighted by Crippen LogP contribution is -2.01. The number of benzene rings is 2. The molecule has 1 aliphatic rings. The van der Waals surface area contributed by atoms with Crippen molar-refractivity contribution in [3.8, 4) is 0 Å². The van der Waals surface area contributed by atoms with E-state index in [0.29, 0.717) is 5.56 Å². The van der Waals surface area contributed by atoms with E-state index in [9.17, 15) is 9.18 Å². The average molecular weight is 307 g/mol. The van der Waals surface area contributed by atoms with Gasteiger partial charge in [-0.05, 0) is 30.7 Å². The zero-order valence-corrected chi connectivity index (χ0v) is 12.5. The van der Waals surface area contributed by atoms with Gasteiger partial charge in [-0.15, -0.1) is 0 Å². The Bertz CT molecular complexity index is 833. The second-order valence-corrected chi connectivity index (χ2v) is 5.13. The summed E-state index contributed by atoms with van der Waals surface area (Å²) < 4.78 is 18.7. The third-order valence-electron chi connectivity index (χ3n) is 3.33. The molecule has 0 saturated heterocycles. The van der Waals surface area contributed by atoms with Crippen molar-refractivity contribution < 1.29 is 13.9 Å². The molecule has 1 aliphatic heterocycles. The molecular formula is C19H14FNO2. The number of nitrogens with zero attached hydrogens (tertiary/aromatic N) is 1. The molecular weight excluding hydrogens is 293 g/mol. The molecule has 0 spiro atoms. The molecule has 23 heavy (non-hydrogen) atoms.